The molecular weight excluding hydrogens is 410 g/mol. The highest BCUT2D eigenvalue weighted by Crippen LogP contribution is 2.29. The molecule has 2 aromatic rings. The molecule has 31 heavy (non-hydrogen) atoms. The lowest BCUT2D eigenvalue weighted by Gasteiger charge is -2.29. The normalized spacial score (nSPS) is 18.6. The first kappa shape index (κ1) is 23.3. The summed E-state index contributed by atoms with van der Waals surface area (Å²) >= 11 is 0. The summed E-state index contributed by atoms with van der Waals surface area (Å²) in [5.74, 6) is 0.105. The molecule has 2 aromatic carbocycles. The average molecular weight is 442 g/mol. The van der Waals surface area contributed by atoms with Gasteiger partial charge in [-0.25, -0.2) is 0 Å². The van der Waals surface area contributed by atoms with Crippen molar-refractivity contribution in [1.29, 1.82) is 0 Å². The third-order valence-electron chi connectivity index (χ3n) is 6.31. The highest BCUT2D eigenvalue weighted by Gasteiger charge is 2.32. The molecule has 1 atom stereocenters. The number of nitrogens with zero attached hydrogens (tertiary/aromatic N) is 3. The summed E-state index contributed by atoms with van der Waals surface area (Å²) in [5.41, 5.74) is 3.29. The van der Waals surface area contributed by atoms with Crippen molar-refractivity contribution in [3.05, 3.63) is 59.7 Å². The molecule has 2 aliphatic rings. The zero-order valence-corrected chi connectivity index (χ0v) is 19.2. The lowest BCUT2D eigenvalue weighted by Crippen LogP contribution is -2.42. The average Bonchev–Trinajstić information content (AvgIpc) is 3.45. The van der Waals surface area contributed by atoms with Crippen LogP contribution in [0.1, 0.15) is 46.4 Å². The number of amides is 2. The summed E-state index contributed by atoms with van der Waals surface area (Å²) < 4.78 is 0. The molecule has 2 fully saturated rings. The predicted octanol–water partition coefficient (Wildman–Crippen LogP) is 4.18. The Labute approximate surface area is 191 Å². The van der Waals surface area contributed by atoms with E-state index < -0.39 is 0 Å². The van der Waals surface area contributed by atoms with Gasteiger partial charge in [0.1, 0.15) is 0 Å². The summed E-state index contributed by atoms with van der Waals surface area (Å²) in [6, 6.07) is 15.7. The van der Waals surface area contributed by atoms with Gasteiger partial charge >= 0.3 is 0 Å². The van der Waals surface area contributed by atoms with E-state index in [1.54, 1.807) is 19.0 Å². The van der Waals surface area contributed by atoms with Crippen molar-refractivity contribution in [3.8, 4) is 11.1 Å². The molecule has 0 saturated carbocycles. The molecule has 5 nitrogen and oxygen atoms in total. The maximum absolute atomic E-state index is 13.5. The van der Waals surface area contributed by atoms with Crippen molar-refractivity contribution in [3.63, 3.8) is 0 Å². The number of carbonyl (C=O) groups is 2. The van der Waals surface area contributed by atoms with Gasteiger partial charge in [-0.1, -0.05) is 30.3 Å². The van der Waals surface area contributed by atoms with E-state index in [4.69, 9.17) is 0 Å². The van der Waals surface area contributed by atoms with Gasteiger partial charge in [-0.15, -0.1) is 12.4 Å². The van der Waals surface area contributed by atoms with Crippen LogP contribution in [-0.2, 0) is 0 Å². The summed E-state index contributed by atoms with van der Waals surface area (Å²) in [6.07, 6.45) is 4.71. The Morgan fingerprint density at radius 2 is 1.61 bits per heavy atom. The van der Waals surface area contributed by atoms with Crippen molar-refractivity contribution in [2.75, 3.05) is 40.3 Å². The van der Waals surface area contributed by atoms with Crippen molar-refractivity contribution >= 4 is 24.2 Å². The predicted molar refractivity (Wildman–Crippen MR) is 127 cm³/mol. The van der Waals surface area contributed by atoms with Crippen molar-refractivity contribution in [2.24, 2.45) is 0 Å². The first-order chi connectivity index (χ1) is 14.5. The van der Waals surface area contributed by atoms with Gasteiger partial charge in [-0.3, -0.25) is 9.59 Å². The van der Waals surface area contributed by atoms with Crippen LogP contribution in [0.5, 0.6) is 0 Å². The van der Waals surface area contributed by atoms with E-state index in [-0.39, 0.29) is 24.2 Å². The van der Waals surface area contributed by atoms with Gasteiger partial charge < -0.3 is 14.7 Å². The van der Waals surface area contributed by atoms with E-state index in [2.05, 4.69) is 9.80 Å². The van der Waals surface area contributed by atoms with Gasteiger partial charge in [0.05, 0.1) is 0 Å². The van der Waals surface area contributed by atoms with E-state index in [0.717, 1.165) is 55.7 Å². The van der Waals surface area contributed by atoms with Gasteiger partial charge in [-0.2, -0.15) is 0 Å². The standard InChI is InChI=1S/C25H31N3O2.ClH/c1-26(2)24(29)20-13-11-19(12-14-20)22-9-3-4-10-23(22)25(30)28-17-7-8-21(28)18-27-15-5-6-16-27;/h3-4,9-14,21H,5-8,15-18H2,1-2H3;1H/t21-;/m0./s1. The number of halogens is 1. The van der Waals surface area contributed by atoms with Crippen LogP contribution in [0.3, 0.4) is 0 Å². The summed E-state index contributed by atoms with van der Waals surface area (Å²) in [6.45, 7) is 4.15. The number of carbonyl (C=O) groups excluding carboxylic acids is 2. The molecule has 6 heteroatoms. The van der Waals surface area contributed by atoms with Crippen LogP contribution in [0.25, 0.3) is 11.1 Å². The van der Waals surface area contributed by atoms with Gasteiger partial charge in [0.15, 0.2) is 0 Å². The second-order valence-corrected chi connectivity index (χ2v) is 8.62. The van der Waals surface area contributed by atoms with Crippen LogP contribution >= 0.6 is 12.4 Å². The van der Waals surface area contributed by atoms with E-state index in [9.17, 15) is 9.59 Å². The topological polar surface area (TPSA) is 43.9 Å². The summed E-state index contributed by atoms with van der Waals surface area (Å²) in [5, 5.41) is 0. The third-order valence-corrected chi connectivity index (χ3v) is 6.31. The molecule has 0 aromatic heterocycles. The van der Waals surface area contributed by atoms with Crippen LogP contribution < -0.4 is 0 Å². The second-order valence-electron chi connectivity index (χ2n) is 8.62. The summed E-state index contributed by atoms with van der Waals surface area (Å²) in [4.78, 5) is 31.9. The van der Waals surface area contributed by atoms with Gasteiger partial charge in [0, 0.05) is 44.4 Å². The Bertz CT molecular complexity index is 907. The molecule has 4 rings (SSSR count). The fraction of sp³-hybridized carbons (Fsp3) is 0.440. The van der Waals surface area contributed by atoms with Gasteiger partial charge in [0.25, 0.3) is 11.8 Å². The van der Waals surface area contributed by atoms with E-state index in [1.807, 2.05) is 48.5 Å². The molecule has 0 aliphatic carbocycles. The minimum atomic E-state index is -0.0206. The van der Waals surface area contributed by atoms with E-state index in [1.165, 1.54) is 12.8 Å². The maximum atomic E-state index is 13.5. The van der Waals surface area contributed by atoms with Crippen LogP contribution in [-0.4, -0.2) is 72.8 Å². The third kappa shape index (κ3) is 5.10. The quantitative estimate of drug-likeness (QED) is 0.699. The minimum Gasteiger partial charge on any atom is -0.345 e. The van der Waals surface area contributed by atoms with Crippen LogP contribution in [0.2, 0.25) is 0 Å². The number of likely N-dealkylation sites (tertiary alicyclic amines) is 2. The Hall–Kier alpha value is -2.37. The van der Waals surface area contributed by atoms with Crippen molar-refractivity contribution in [1.82, 2.24) is 14.7 Å². The lowest BCUT2D eigenvalue weighted by atomic mass is 9.97. The number of benzene rings is 2. The molecule has 2 saturated heterocycles. The molecule has 0 N–H and O–H groups in total. The SMILES string of the molecule is CN(C)C(=O)c1ccc(-c2ccccc2C(=O)N2CCC[C@H]2CN2CCCC2)cc1.Cl. The molecule has 166 valence electrons. The first-order valence-electron chi connectivity index (χ1n) is 11.0. The molecule has 0 radical (unpaired) electrons. The molecule has 2 aliphatic heterocycles. The molecular formula is C25H32ClN3O2. The van der Waals surface area contributed by atoms with Crippen LogP contribution in [0.4, 0.5) is 0 Å². The van der Waals surface area contributed by atoms with Crippen molar-refractivity contribution in [2.45, 2.75) is 31.7 Å². The maximum Gasteiger partial charge on any atom is 0.254 e. The molecule has 0 unspecified atom stereocenters. The van der Waals surface area contributed by atoms with Gasteiger partial charge in [-0.05, 0) is 68.1 Å². The Balaban J connectivity index is 0.00000272. The largest absolute Gasteiger partial charge is 0.345 e. The molecule has 2 heterocycles. The van der Waals surface area contributed by atoms with E-state index in [0.29, 0.717) is 11.6 Å². The van der Waals surface area contributed by atoms with Crippen LogP contribution in [0.15, 0.2) is 48.5 Å². The smallest absolute Gasteiger partial charge is 0.254 e. The van der Waals surface area contributed by atoms with Crippen molar-refractivity contribution < 1.29 is 9.59 Å². The number of rotatable bonds is 5. The van der Waals surface area contributed by atoms with Crippen LogP contribution in [0, 0.1) is 0 Å². The highest BCUT2D eigenvalue weighted by molar-refractivity contribution is 6.01. The second kappa shape index (κ2) is 10.3. The zero-order valence-electron chi connectivity index (χ0n) is 18.4. The van der Waals surface area contributed by atoms with E-state index >= 15 is 0 Å². The number of hydrogen-bond donors (Lipinski definition) is 0. The highest BCUT2D eigenvalue weighted by atomic mass is 35.5. The van der Waals surface area contributed by atoms with Gasteiger partial charge in [0.2, 0.25) is 0 Å². The minimum absolute atomic E-state index is 0. The Morgan fingerprint density at radius 3 is 2.29 bits per heavy atom. The first-order valence-corrected chi connectivity index (χ1v) is 11.0. The fourth-order valence-electron chi connectivity index (χ4n) is 4.68. The zero-order chi connectivity index (χ0) is 21.1. The number of hydrogen-bond acceptors (Lipinski definition) is 3. The monoisotopic (exact) mass is 441 g/mol. The fourth-order valence-corrected chi connectivity index (χ4v) is 4.68. The molecule has 0 bridgehead atoms. The lowest BCUT2D eigenvalue weighted by molar-refractivity contribution is 0.0709. The molecule has 2 amide bonds. The Kier molecular flexibility index (Phi) is 7.74. The Morgan fingerprint density at radius 1 is 0.935 bits per heavy atom. The summed E-state index contributed by atoms with van der Waals surface area (Å²) in [7, 11) is 3.50. The molecule has 0 spiro atoms.